The molecule has 1 N–H and O–H groups in total. The first-order valence-electron chi connectivity index (χ1n) is 5.45. The van der Waals surface area contributed by atoms with E-state index in [0.717, 1.165) is 24.6 Å². The number of rotatable bonds is 6. The summed E-state index contributed by atoms with van der Waals surface area (Å²) >= 11 is 1.77. The quantitative estimate of drug-likeness (QED) is 0.804. The predicted octanol–water partition coefficient (Wildman–Crippen LogP) is 1.88. The van der Waals surface area contributed by atoms with Gasteiger partial charge in [-0.1, -0.05) is 6.92 Å². The number of thiazole rings is 1. The smallest absolute Gasteiger partial charge is 0.0897 e. The number of nitrogens with one attached hydrogen (secondary N) is 1. The second kappa shape index (κ2) is 6.20. The molecule has 1 rings (SSSR count). The van der Waals surface area contributed by atoms with Crippen LogP contribution in [0, 0.1) is 6.92 Å². The maximum Gasteiger partial charge on any atom is 0.0897 e. The van der Waals surface area contributed by atoms with E-state index in [2.05, 4.69) is 36.1 Å². The van der Waals surface area contributed by atoms with Crippen LogP contribution in [0.3, 0.4) is 0 Å². The molecule has 86 valence electrons. The standard InChI is InChI=1S/C11H21N3S/c1-5-14(4)8-9(2)12-6-11-7-13-10(3)15-11/h7,9,12H,5-6,8H2,1-4H3. The van der Waals surface area contributed by atoms with Crippen LogP contribution in [0.5, 0.6) is 0 Å². The van der Waals surface area contributed by atoms with Gasteiger partial charge in [-0.3, -0.25) is 0 Å². The molecule has 1 unspecified atom stereocenters. The topological polar surface area (TPSA) is 28.2 Å². The van der Waals surface area contributed by atoms with Crippen LogP contribution in [-0.4, -0.2) is 36.1 Å². The SMILES string of the molecule is CCN(C)CC(C)NCc1cnc(C)s1. The fraction of sp³-hybridized carbons (Fsp3) is 0.727. The van der Waals surface area contributed by atoms with Crippen molar-refractivity contribution in [1.82, 2.24) is 15.2 Å². The van der Waals surface area contributed by atoms with Crippen molar-refractivity contribution < 1.29 is 0 Å². The van der Waals surface area contributed by atoms with E-state index in [1.165, 1.54) is 4.88 Å². The number of aryl methyl sites for hydroxylation is 1. The van der Waals surface area contributed by atoms with Crippen molar-refractivity contribution in [3.8, 4) is 0 Å². The molecular formula is C11H21N3S. The van der Waals surface area contributed by atoms with Crippen LogP contribution in [0.4, 0.5) is 0 Å². The molecule has 0 aromatic carbocycles. The summed E-state index contributed by atoms with van der Waals surface area (Å²) in [6.45, 7) is 9.58. The first-order chi connectivity index (χ1) is 7.11. The zero-order valence-corrected chi connectivity index (χ0v) is 10.9. The monoisotopic (exact) mass is 227 g/mol. The second-order valence-electron chi connectivity index (χ2n) is 3.98. The fourth-order valence-electron chi connectivity index (χ4n) is 1.42. The molecule has 1 aromatic rings. The minimum atomic E-state index is 0.525. The lowest BCUT2D eigenvalue weighted by atomic mass is 10.3. The molecule has 4 heteroatoms. The second-order valence-corrected chi connectivity index (χ2v) is 5.30. The van der Waals surface area contributed by atoms with Crippen molar-refractivity contribution in [3.05, 3.63) is 16.1 Å². The lowest BCUT2D eigenvalue weighted by Crippen LogP contribution is -2.36. The highest BCUT2D eigenvalue weighted by molar-refractivity contribution is 7.11. The summed E-state index contributed by atoms with van der Waals surface area (Å²) in [5.74, 6) is 0. The van der Waals surface area contributed by atoms with Gasteiger partial charge in [0.05, 0.1) is 5.01 Å². The van der Waals surface area contributed by atoms with Crippen LogP contribution in [0.25, 0.3) is 0 Å². The Hall–Kier alpha value is -0.450. The minimum absolute atomic E-state index is 0.525. The van der Waals surface area contributed by atoms with E-state index >= 15 is 0 Å². The third kappa shape index (κ3) is 4.73. The zero-order chi connectivity index (χ0) is 11.3. The van der Waals surface area contributed by atoms with Gasteiger partial charge in [0.2, 0.25) is 0 Å². The average molecular weight is 227 g/mol. The Bertz CT molecular complexity index is 285. The molecule has 1 atom stereocenters. The van der Waals surface area contributed by atoms with E-state index in [-0.39, 0.29) is 0 Å². The van der Waals surface area contributed by atoms with Crippen LogP contribution < -0.4 is 5.32 Å². The number of aromatic nitrogens is 1. The van der Waals surface area contributed by atoms with Gasteiger partial charge in [0.25, 0.3) is 0 Å². The molecule has 0 aliphatic carbocycles. The van der Waals surface area contributed by atoms with Gasteiger partial charge in [-0.25, -0.2) is 4.98 Å². The average Bonchev–Trinajstić information content (AvgIpc) is 2.61. The predicted molar refractivity (Wildman–Crippen MR) is 66.3 cm³/mol. The van der Waals surface area contributed by atoms with Crippen LogP contribution in [-0.2, 0) is 6.54 Å². The summed E-state index contributed by atoms with van der Waals surface area (Å²) in [5.41, 5.74) is 0. The maximum absolute atomic E-state index is 4.24. The molecule has 1 heterocycles. The zero-order valence-electron chi connectivity index (χ0n) is 10.1. The highest BCUT2D eigenvalue weighted by Gasteiger charge is 2.05. The largest absolute Gasteiger partial charge is 0.308 e. The van der Waals surface area contributed by atoms with E-state index in [1.54, 1.807) is 11.3 Å². The lowest BCUT2D eigenvalue weighted by Gasteiger charge is -2.20. The Morgan fingerprint density at radius 2 is 2.33 bits per heavy atom. The van der Waals surface area contributed by atoms with Crippen LogP contribution in [0.1, 0.15) is 23.7 Å². The maximum atomic E-state index is 4.24. The van der Waals surface area contributed by atoms with Gasteiger partial charge in [0.1, 0.15) is 0 Å². The van der Waals surface area contributed by atoms with Crippen LogP contribution in [0.2, 0.25) is 0 Å². The Kier molecular flexibility index (Phi) is 5.22. The molecular weight excluding hydrogens is 206 g/mol. The summed E-state index contributed by atoms with van der Waals surface area (Å²) in [6, 6.07) is 0.525. The first kappa shape index (κ1) is 12.6. The van der Waals surface area contributed by atoms with E-state index < -0.39 is 0 Å². The molecule has 0 spiro atoms. The fourth-order valence-corrected chi connectivity index (χ4v) is 2.17. The summed E-state index contributed by atoms with van der Waals surface area (Å²) in [4.78, 5) is 7.87. The Morgan fingerprint density at radius 1 is 1.60 bits per heavy atom. The van der Waals surface area contributed by atoms with Gasteiger partial charge >= 0.3 is 0 Å². The highest BCUT2D eigenvalue weighted by atomic mass is 32.1. The van der Waals surface area contributed by atoms with Crippen LogP contribution >= 0.6 is 11.3 Å². The van der Waals surface area contributed by atoms with E-state index in [4.69, 9.17) is 0 Å². The van der Waals surface area contributed by atoms with Crippen molar-refractivity contribution in [2.24, 2.45) is 0 Å². The van der Waals surface area contributed by atoms with Gasteiger partial charge in [-0.15, -0.1) is 11.3 Å². The summed E-state index contributed by atoms with van der Waals surface area (Å²) in [7, 11) is 2.15. The molecule has 0 amide bonds. The third-order valence-electron chi connectivity index (χ3n) is 2.42. The van der Waals surface area contributed by atoms with Gasteiger partial charge in [0, 0.05) is 30.2 Å². The van der Waals surface area contributed by atoms with Crippen molar-refractivity contribution in [3.63, 3.8) is 0 Å². The molecule has 0 bridgehead atoms. The molecule has 0 aliphatic heterocycles. The lowest BCUT2D eigenvalue weighted by molar-refractivity contribution is 0.310. The number of nitrogens with zero attached hydrogens (tertiary/aromatic N) is 2. The molecule has 0 aliphatic rings. The van der Waals surface area contributed by atoms with Gasteiger partial charge in [0.15, 0.2) is 0 Å². The molecule has 0 radical (unpaired) electrons. The summed E-state index contributed by atoms with van der Waals surface area (Å²) < 4.78 is 0. The van der Waals surface area contributed by atoms with Gasteiger partial charge in [-0.05, 0) is 27.4 Å². The van der Waals surface area contributed by atoms with Crippen molar-refractivity contribution in [1.29, 1.82) is 0 Å². The normalized spacial score (nSPS) is 13.4. The van der Waals surface area contributed by atoms with Crippen molar-refractivity contribution in [2.75, 3.05) is 20.1 Å². The summed E-state index contributed by atoms with van der Waals surface area (Å²) in [5, 5.41) is 4.65. The minimum Gasteiger partial charge on any atom is -0.308 e. The summed E-state index contributed by atoms with van der Waals surface area (Å²) in [6.07, 6.45) is 1.96. The Labute approximate surface area is 96.5 Å². The van der Waals surface area contributed by atoms with Crippen molar-refractivity contribution in [2.45, 2.75) is 33.4 Å². The Morgan fingerprint density at radius 3 is 2.87 bits per heavy atom. The Balaban J connectivity index is 2.25. The first-order valence-corrected chi connectivity index (χ1v) is 6.26. The highest BCUT2D eigenvalue weighted by Crippen LogP contribution is 2.10. The number of hydrogen-bond donors (Lipinski definition) is 1. The molecule has 0 saturated carbocycles. The molecule has 0 saturated heterocycles. The third-order valence-corrected chi connectivity index (χ3v) is 3.33. The number of hydrogen-bond acceptors (Lipinski definition) is 4. The van der Waals surface area contributed by atoms with Crippen LogP contribution in [0.15, 0.2) is 6.20 Å². The molecule has 15 heavy (non-hydrogen) atoms. The van der Waals surface area contributed by atoms with Crippen molar-refractivity contribution >= 4 is 11.3 Å². The van der Waals surface area contributed by atoms with E-state index in [1.807, 2.05) is 13.1 Å². The van der Waals surface area contributed by atoms with Gasteiger partial charge in [-0.2, -0.15) is 0 Å². The van der Waals surface area contributed by atoms with E-state index in [9.17, 15) is 0 Å². The van der Waals surface area contributed by atoms with E-state index in [0.29, 0.717) is 6.04 Å². The number of likely N-dealkylation sites (N-methyl/N-ethyl adjacent to an activating group) is 1. The molecule has 0 fully saturated rings. The molecule has 3 nitrogen and oxygen atoms in total. The molecule has 1 aromatic heterocycles. The van der Waals surface area contributed by atoms with Gasteiger partial charge < -0.3 is 10.2 Å².